The molecular weight excluding hydrogens is 724 g/mol. The van der Waals surface area contributed by atoms with Crippen LogP contribution in [0.2, 0.25) is 5.02 Å². The second-order valence-corrected chi connectivity index (χ2v) is 15.3. The van der Waals surface area contributed by atoms with Crippen LogP contribution < -0.4 is 16.0 Å². The van der Waals surface area contributed by atoms with Gasteiger partial charge in [-0.15, -0.1) is 0 Å². The number of likely N-dealkylation sites (N-methyl/N-ethyl adjacent to an activating group) is 1. The number of hydrogen-bond donors (Lipinski definition) is 3. The third kappa shape index (κ3) is 9.41. The zero-order valence-corrected chi connectivity index (χ0v) is 33.5. The molecule has 2 amide bonds. The van der Waals surface area contributed by atoms with Crippen molar-refractivity contribution < 1.29 is 14.3 Å². The number of ether oxygens (including phenoxy) is 1. The summed E-state index contributed by atoms with van der Waals surface area (Å²) in [6, 6.07) is 21.5. The van der Waals surface area contributed by atoms with Gasteiger partial charge >= 0.3 is 0 Å². The second-order valence-electron chi connectivity index (χ2n) is 14.9. The van der Waals surface area contributed by atoms with E-state index in [0.717, 1.165) is 90.2 Å². The van der Waals surface area contributed by atoms with Gasteiger partial charge in [0.05, 0.1) is 17.3 Å². The fourth-order valence-corrected chi connectivity index (χ4v) is 7.94. The molecule has 294 valence electrons. The van der Waals surface area contributed by atoms with Gasteiger partial charge in [-0.1, -0.05) is 48.9 Å². The number of nitrogens with zero attached hydrogens (tertiary/aromatic N) is 5. The van der Waals surface area contributed by atoms with Crippen LogP contribution >= 0.6 is 11.6 Å². The van der Waals surface area contributed by atoms with Crippen molar-refractivity contribution in [3.05, 3.63) is 111 Å². The maximum atomic E-state index is 13.6. The fraction of sp³-hybridized carbons (Fsp3) is 0.409. The van der Waals surface area contributed by atoms with Crippen LogP contribution in [0.25, 0.3) is 22.2 Å². The van der Waals surface area contributed by atoms with E-state index in [1.165, 1.54) is 12.0 Å². The number of aromatic nitrogens is 3. The van der Waals surface area contributed by atoms with Gasteiger partial charge < -0.3 is 25.6 Å². The zero-order chi connectivity index (χ0) is 39.0. The number of hydrogen-bond acceptors (Lipinski definition) is 8. The Balaban J connectivity index is 1.01. The molecule has 2 aliphatic heterocycles. The molecule has 2 aromatic heterocycles. The molecule has 7 rings (SSSR count). The van der Waals surface area contributed by atoms with E-state index in [9.17, 15) is 9.59 Å². The van der Waals surface area contributed by atoms with Crippen molar-refractivity contribution >= 4 is 40.1 Å². The lowest BCUT2D eigenvalue weighted by atomic mass is 10.0. The van der Waals surface area contributed by atoms with Crippen LogP contribution in [0.5, 0.6) is 0 Å². The topological polar surface area (TPSA) is 117 Å². The Labute approximate surface area is 334 Å². The Hall–Kier alpha value is -4.81. The van der Waals surface area contributed by atoms with Gasteiger partial charge in [-0.3, -0.25) is 14.5 Å². The average molecular weight is 777 g/mol. The van der Waals surface area contributed by atoms with Crippen LogP contribution in [0.3, 0.4) is 0 Å². The van der Waals surface area contributed by atoms with Crippen molar-refractivity contribution in [2.75, 3.05) is 51.8 Å². The molecule has 5 aromatic rings. The van der Waals surface area contributed by atoms with Gasteiger partial charge in [0.2, 0.25) is 0 Å². The van der Waals surface area contributed by atoms with E-state index in [0.29, 0.717) is 48.9 Å². The van der Waals surface area contributed by atoms with Gasteiger partial charge in [-0.05, 0) is 106 Å². The molecule has 12 heteroatoms. The molecule has 0 bridgehead atoms. The maximum Gasteiger partial charge on any atom is 0.251 e. The summed E-state index contributed by atoms with van der Waals surface area (Å²) in [5.74, 6) is -0.532. The normalized spacial score (nSPS) is 15.8. The molecule has 2 fully saturated rings. The van der Waals surface area contributed by atoms with E-state index in [1.54, 1.807) is 24.3 Å². The summed E-state index contributed by atoms with van der Waals surface area (Å²) in [6.45, 7) is 12.1. The third-order valence-electron chi connectivity index (χ3n) is 10.9. The Kier molecular flexibility index (Phi) is 13.0. The fourth-order valence-electron chi connectivity index (χ4n) is 7.71. The molecule has 0 saturated carbocycles. The predicted molar refractivity (Wildman–Crippen MR) is 223 cm³/mol. The van der Waals surface area contributed by atoms with Gasteiger partial charge in [-0.2, -0.15) is 5.10 Å². The third-order valence-corrected chi connectivity index (χ3v) is 11.3. The molecule has 56 heavy (non-hydrogen) atoms. The van der Waals surface area contributed by atoms with Gasteiger partial charge in [-0.25, -0.2) is 9.67 Å². The highest BCUT2D eigenvalue weighted by Crippen LogP contribution is 2.32. The number of aryl methyl sites for hydroxylation is 2. The van der Waals surface area contributed by atoms with E-state index in [4.69, 9.17) is 21.3 Å². The summed E-state index contributed by atoms with van der Waals surface area (Å²) >= 11 is 6.73. The summed E-state index contributed by atoms with van der Waals surface area (Å²) in [5, 5.41) is 16.1. The monoisotopic (exact) mass is 776 g/mol. The highest BCUT2D eigenvalue weighted by Gasteiger charge is 2.23. The maximum absolute atomic E-state index is 13.6. The summed E-state index contributed by atoms with van der Waals surface area (Å²) < 4.78 is 7.51. The number of halogens is 1. The predicted octanol–water partition coefficient (Wildman–Crippen LogP) is 6.92. The average Bonchev–Trinajstić information content (AvgIpc) is 3.53. The largest absolute Gasteiger partial charge is 0.381 e. The number of fused-ring (bicyclic) bond motifs is 1. The summed E-state index contributed by atoms with van der Waals surface area (Å²) in [7, 11) is 2.19. The van der Waals surface area contributed by atoms with E-state index in [-0.39, 0.29) is 24.4 Å². The first-order valence-electron chi connectivity index (χ1n) is 20.0. The molecule has 0 aliphatic carbocycles. The Morgan fingerprint density at radius 3 is 2.41 bits per heavy atom. The second kappa shape index (κ2) is 18.4. The minimum Gasteiger partial charge on any atom is -0.381 e. The number of carbonyl (C=O) groups is 2. The van der Waals surface area contributed by atoms with Crippen LogP contribution in [-0.2, 0) is 37.3 Å². The first-order chi connectivity index (χ1) is 27.3. The molecule has 0 atom stereocenters. The lowest BCUT2D eigenvalue weighted by Gasteiger charge is -2.26. The molecule has 0 unspecified atom stereocenters. The van der Waals surface area contributed by atoms with Gasteiger partial charge in [0.1, 0.15) is 0 Å². The van der Waals surface area contributed by atoms with Crippen LogP contribution in [0.15, 0.2) is 72.9 Å². The highest BCUT2D eigenvalue weighted by atomic mass is 35.5. The van der Waals surface area contributed by atoms with Gasteiger partial charge in [0.25, 0.3) is 11.8 Å². The van der Waals surface area contributed by atoms with Crippen molar-refractivity contribution in [1.29, 1.82) is 0 Å². The molecule has 11 nitrogen and oxygen atoms in total. The molecule has 2 aliphatic rings. The van der Waals surface area contributed by atoms with E-state index >= 15 is 0 Å². The zero-order valence-electron chi connectivity index (χ0n) is 32.7. The van der Waals surface area contributed by atoms with Crippen molar-refractivity contribution in [2.24, 2.45) is 0 Å². The first kappa shape index (κ1) is 39.4. The van der Waals surface area contributed by atoms with Gasteiger partial charge in [0, 0.05) is 91.5 Å². The lowest BCUT2D eigenvalue weighted by Crippen LogP contribution is -2.30. The number of carbonyl (C=O) groups excluding carboxylic acids is 2. The SMILES string of the molecule is CCc1nc2c(cnn2CC)c(NC2CCOCC2)c1CNC(=O)c1cccc(C(=O)NCc2ccc(Cl)c(-c3cccc(CN4CCCN(C)CC4)c3)c2)c1. The molecule has 2 saturated heterocycles. The van der Waals surface area contributed by atoms with Crippen molar-refractivity contribution in [3.63, 3.8) is 0 Å². The van der Waals surface area contributed by atoms with Crippen LogP contribution in [0.1, 0.15) is 76.2 Å². The highest BCUT2D eigenvalue weighted by molar-refractivity contribution is 6.33. The molecule has 0 radical (unpaired) electrons. The number of amides is 2. The Morgan fingerprint density at radius 2 is 1.64 bits per heavy atom. The van der Waals surface area contributed by atoms with Crippen LogP contribution in [0, 0.1) is 0 Å². The number of anilines is 1. The standard InChI is InChI=1S/C44H53ClN8O3/c1-4-40-37(41(49-35-15-21-56-22-16-35)38-28-48-53(5-2)42(38)50-40)27-47-44(55)34-12-7-11-33(25-34)43(54)46-26-30-13-14-39(45)36(24-30)32-10-6-9-31(23-32)29-52-18-8-17-51(3)19-20-52/h6-7,9-14,23-25,28,35H,4-5,8,15-22,26-27,29H2,1-3H3,(H,46,54)(H,47,55)(H,49,50). The molecule has 4 heterocycles. The Morgan fingerprint density at radius 1 is 0.875 bits per heavy atom. The lowest BCUT2D eigenvalue weighted by molar-refractivity contribution is 0.0904. The first-order valence-corrected chi connectivity index (χ1v) is 20.3. The minimum absolute atomic E-state index is 0.251. The summed E-state index contributed by atoms with van der Waals surface area (Å²) in [6.07, 6.45) is 5.54. The number of benzene rings is 3. The number of pyridine rings is 1. The molecule has 0 spiro atoms. The number of rotatable bonds is 13. The van der Waals surface area contributed by atoms with Crippen molar-refractivity contribution in [1.82, 2.24) is 35.2 Å². The van der Waals surface area contributed by atoms with E-state index < -0.39 is 0 Å². The minimum atomic E-state index is -0.268. The molecule has 3 N–H and O–H groups in total. The van der Waals surface area contributed by atoms with Crippen molar-refractivity contribution in [3.8, 4) is 11.1 Å². The van der Waals surface area contributed by atoms with E-state index in [2.05, 4.69) is 76.0 Å². The van der Waals surface area contributed by atoms with Crippen LogP contribution in [0.4, 0.5) is 5.69 Å². The summed E-state index contributed by atoms with van der Waals surface area (Å²) in [4.78, 5) is 36.9. The van der Waals surface area contributed by atoms with Crippen LogP contribution in [-0.4, -0.2) is 88.9 Å². The van der Waals surface area contributed by atoms with Crippen molar-refractivity contribution in [2.45, 2.75) is 71.8 Å². The number of nitrogens with one attached hydrogen (secondary N) is 3. The summed E-state index contributed by atoms with van der Waals surface area (Å²) in [5.41, 5.74) is 8.64. The van der Waals surface area contributed by atoms with Gasteiger partial charge in [0.15, 0.2) is 5.65 Å². The molecule has 3 aromatic carbocycles. The molecular formula is C44H53ClN8O3. The smallest absolute Gasteiger partial charge is 0.251 e. The van der Waals surface area contributed by atoms with E-state index in [1.807, 2.05) is 29.1 Å². The Bertz CT molecular complexity index is 2160. The quantitative estimate of drug-likeness (QED) is 0.118.